The number of hydrazine groups is 1. The highest BCUT2D eigenvalue weighted by atomic mass is 32.2. The number of aliphatic imine (C=N–C) groups is 1. The van der Waals surface area contributed by atoms with E-state index in [1.807, 2.05) is 7.05 Å². The van der Waals surface area contributed by atoms with Crippen LogP contribution in [0.4, 0.5) is 0 Å². The van der Waals surface area contributed by atoms with Crippen molar-refractivity contribution in [2.75, 3.05) is 20.0 Å². The van der Waals surface area contributed by atoms with Crippen molar-refractivity contribution in [1.82, 2.24) is 10.3 Å². The Morgan fingerprint density at radius 3 is 3.00 bits per heavy atom. The lowest BCUT2D eigenvalue weighted by atomic mass is 10.5. The average molecular weight is 160 g/mol. The standard InChI is InChI=1S/C5H12N4S/c1-7-4-5(8-2)10-3-9(4)6/h5,8H,3,6H2,1-2H3. The van der Waals surface area contributed by atoms with E-state index in [-0.39, 0.29) is 5.37 Å². The van der Waals surface area contributed by atoms with Gasteiger partial charge in [-0.05, 0) is 7.05 Å². The summed E-state index contributed by atoms with van der Waals surface area (Å²) in [5.41, 5.74) is 0. The van der Waals surface area contributed by atoms with Gasteiger partial charge in [0.25, 0.3) is 0 Å². The molecule has 1 atom stereocenters. The Bertz CT molecular complexity index is 147. The van der Waals surface area contributed by atoms with Crippen molar-refractivity contribution in [2.24, 2.45) is 10.8 Å². The second-order valence-electron chi connectivity index (χ2n) is 2.02. The number of thioether (sulfide) groups is 1. The Kier molecular flexibility index (Phi) is 2.53. The van der Waals surface area contributed by atoms with E-state index >= 15 is 0 Å². The van der Waals surface area contributed by atoms with E-state index in [0.717, 1.165) is 11.7 Å². The summed E-state index contributed by atoms with van der Waals surface area (Å²) in [6, 6.07) is 0. The van der Waals surface area contributed by atoms with Gasteiger partial charge in [0.1, 0.15) is 11.2 Å². The Morgan fingerprint density at radius 2 is 2.60 bits per heavy atom. The molecule has 58 valence electrons. The van der Waals surface area contributed by atoms with Crippen LogP contribution in [0.25, 0.3) is 0 Å². The molecule has 1 heterocycles. The SMILES string of the molecule is CN=C1C(NC)SCN1N. The highest BCUT2D eigenvalue weighted by molar-refractivity contribution is 8.01. The van der Waals surface area contributed by atoms with Crippen LogP contribution in [-0.4, -0.2) is 36.2 Å². The Morgan fingerprint density at radius 1 is 1.90 bits per heavy atom. The number of hydrogen-bond donors (Lipinski definition) is 2. The Labute approximate surface area is 64.8 Å². The van der Waals surface area contributed by atoms with Crippen LogP contribution in [0, 0.1) is 0 Å². The van der Waals surface area contributed by atoms with E-state index in [9.17, 15) is 0 Å². The third-order valence-corrected chi connectivity index (χ3v) is 2.61. The van der Waals surface area contributed by atoms with Crippen LogP contribution in [-0.2, 0) is 0 Å². The predicted octanol–water partition coefficient (Wildman–Crippen LogP) is -0.560. The Hall–Kier alpha value is -0.260. The monoisotopic (exact) mass is 160 g/mol. The molecule has 1 saturated heterocycles. The first-order valence-corrected chi connectivity index (χ1v) is 4.12. The molecule has 0 aromatic rings. The van der Waals surface area contributed by atoms with Gasteiger partial charge in [-0.25, -0.2) is 5.84 Å². The molecule has 0 aromatic heterocycles. The molecule has 1 aliphatic rings. The maximum Gasteiger partial charge on any atom is 0.142 e. The summed E-state index contributed by atoms with van der Waals surface area (Å²) in [6.07, 6.45) is 0. The van der Waals surface area contributed by atoms with Crippen molar-refractivity contribution in [1.29, 1.82) is 0 Å². The van der Waals surface area contributed by atoms with Crippen LogP contribution < -0.4 is 11.2 Å². The van der Waals surface area contributed by atoms with Crippen LogP contribution in [0.15, 0.2) is 4.99 Å². The normalized spacial score (nSPS) is 30.1. The molecule has 0 radical (unpaired) electrons. The largest absolute Gasteiger partial charge is 0.302 e. The second kappa shape index (κ2) is 3.23. The summed E-state index contributed by atoms with van der Waals surface area (Å²) in [7, 11) is 3.66. The molecule has 1 fully saturated rings. The lowest BCUT2D eigenvalue weighted by Gasteiger charge is -2.11. The van der Waals surface area contributed by atoms with Crippen molar-refractivity contribution in [3.05, 3.63) is 0 Å². The van der Waals surface area contributed by atoms with Crippen molar-refractivity contribution in [3.8, 4) is 0 Å². The first kappa shape index (κ1) is 7.84. The number of amidine groups is 1. The van der Waals surface area contributed by atoms with Gasteiger partial charge in [0.2, 0.25) is 0 Å². The minimum absolute atomic E-state index is 0.273. The van der Waals surface area contributed by atoms with E-state index in [0.29, 0.717) is 0 Å². The molecule has 0 saturated carbocycles. The predicted molar refractivity (Wildman–Crippen MR) is 44.7 cm³/mol. The lowest BCUT2D eigenvalue weighted by molar-refractivity contribution is 0.518. The average Bonchev–Trinajstić information content (AvgIpc) is 2.30. The van der Waals surface area contributed by atoms with Gasteiger partial charge in [-0.15, -0.1) is 11.8 Å². The van der Waals surface area contributed by atoms with Gasteiger partial charge in [-0.2, -0.15) is 0 Å². The number of nitrogens with zero attached hydrogens (tertiary/aromatic N) is 2. The van der Waals surface area contributed by atoms with Gasteiger partial charge in [0.05, 0.1) is 5.88 Å². The van der Waals surface area contributed by atoms with Crippen molar-refractivity contribution < 1.29 is 0 Å². The van der Waals surface area contributed by atoms with Crippen LogP contribution in [0.5, 0.6) is 0 Å². The summed E-state index contributed by atoms with van der Waals surface area (Å²) in [6.45, 7) is 0. The van der Waals surface area contributed by atoms with Crippen LogP contribution in [0.2, 0.25) is 0 Å². The molecule has 1 unspecified atom stereocenters. The first-order chi connectivity index (χ1) is 4.79. The number of rotatable bonds is 1. The summed E-state index contributed by atoms with van der Waals surface area (Å²) < 4.78 is 0. The van der Waals surface area contributed by atoms with E-state index < -0.39 is 0 Å². The van der Waals surface area contributed by atoms with Crippen LogP contribution in [0.3, 0.4) is 0 Å². The Balaban J connectivity index is 2.64. The van der Waals surface area contributed by atoms with Crippen molar-refractivity contribution >= 4 is 17.6 Å². The van der Waals surface area contributed by atoms with Gasteiger partial charge in [0.15, 0.2) is 0 Å². The van der Waals surface area contributed by atoms with Crippen molar-refractivity contribution in [3.63, 3.8) is 0 Å². The van der Waals surface area contributed by atoms with Gasteiger partial charge in [-0.3, -0.25) is 10.0 Å². The number of likely N-dealkylation sites (N-methyl/N-ethyl adjacent to an activating group) is 1. The summed E-state index contributed by atoms with van der Waals surface area (Å²) in [5.74, 6) is 7.34. The maximum atomic E-state index is 5.60. The van der Waals surface area contributed by atoms with E-state index in [4.69, 9.17) is 5.84 Å². The van der Waals surface area contributed by atoms with Crippen molar-refractivity contribution in [2.45, 2.75) is 5.37 Å². The molecular weight excluding hydrogens is 148 g/mol. The topological polar surface area (TPSA) is 53.7 Å². The third kappa shape index (κ3) is 1.25. The van der Waals surface area contributed by atoms with Gasteiger partial charge < -0.3 is 5.32 Å². The van der Waals surface area contributed by atoms with Crippen LogP contribution >= 0.6 is 11.8 Å². The fourth-order valence-corrected chi connectivity index (χ4v) is 1.90. The fraction of sp³-hybridized carbons (Fsp3) is 0.800. The molecular formula is C5H12N4S. The molecule has 4 nitrogen and oxygen atoms in total. The molecule has 10 heavy (non-hydrogen) atoms. The smallest absolute Gasteiger partial charge is 0.142 e. The molecule has 5 heteroatoms. The molecule has 0 spiro atoms. The van der Waals surface area contributed by atoms with Gasteiger partial charge >= 0.3 is 0 Å². The first-order valence-electron chi connectivity index (χ1n) is 3.07. The number of nitrogens with one attached hydrogen (secondary N) is 1. The molecule has 1 rings (SSSR count). The van der Waals surface area contributed by atoms with Gasteiger partial charge in [-0.1, -0.05) is 0 Å². The summed E-state index contributed by atoms with van der Waals surface area (Å²) in [5, 5.41) is 5.04. The minimum Gasteiger partial charge on any atom is -0.302 e. The van der Waals surface area contributed by atoms with Gasteiger partial charge in [0, 0.05) is 7.05 Å². The molecule has 0 aromatic carbocycles. The molecule has 0 amide bonds. The minimum atomic E-state index is 0.273. The third-order valence-electron chi connectivity index (χ3n) is 1.40. The molecule has 1 aliphatic heterocycles. The van der Waals surface area contributed by atoms with E-state index in [1.165, 1.54) is 0 Å². The highest BCUT2D eigenvalue weighted by Gasteiger charge is 2.25. The van der Waals surface area contributed by atoms with E-state index in [1.54, 1.807) is 23.8 Å². The maximum absolute atomic E-state index is 5.60. The zero-order valence-corrected chi connectivity index (χ0v) is 6.98. The molecule has 3 N–H and O–H groups in total. The summed E-state index contributed by atoms with van der Waals surface area (Å²) in [4.78, 5) is 4.06. The number of nitrogens with two attached hydrogens (primary N) is 1. The van der Waals surface area contributed by atoms with Crippen LogP contribution in [0.1, 0.15) is 0 Å². The molecule has 0 aliphatic carbocycles. The second-order valence-corrected chi connectivity index (χ2v) is 3.08. The quantitative estimate of drug-likeness (QED) is 0.505. The fourth-order valence-electron chi connectivity index (χ4n) is 0.904. The molecule has 0 bridgehead atoms. The zero-order valence-electron chi connectivity index (χ0n) is 6.16. The summed E-state index contributed by atoms with van der Waals surface area (Å²) >= 11 is 1.74. The lowest BCUT2D eigenvalue weighted by Crippen LogP contribution is -2.39. The number of hydrogen-bond acceptors (Lipinski definition) is 4. The zero-order chi connectivity index (χ0) is 7.56. The highest BCUT2D eigenvalue weighted by Crippen LogP contribution is 2.19. The van der Waals surface area contributed by atoms with E-state index in [2.05, 4.69) is 10.3 Å².